The van der Waals surface area contributed by atoms with Gasteiger partial charge in [-0.3, -0.25) is 5.10 Å². The highest BCUT2D eigenvalue weighted by Gasteiger charge is 2.22. The van der Waals surface area contributed by atoms with Crippen molar-refractivity contribution in [3.8, 4) is 28.8 Å². The third-order valence-electron chi connectivity index (χ3n) is 4.35. The highest BCUT2D eigenvalue weighted by Crippen LogP contribution is 2.41. The molecule has 0 aliphatic heterocycles. The molecule has 4 aromatic rings. The molecule has 10 heteroatoms. The quantitative estimate of drug-likeness (QED) is 0.310. The van der Waals surface area contributed by atoms with Crippen molar-refractivity contribution in [2.75, 3.05) is 5.73 Å². The van der Waals surface area contributed by atoms with Gasteiger partial charge in [0.15, 0.2) is 0 Å². The van der Waals surface area contributed by atoms with Gasteiger partial charge in [-0.15, -0.1) is 0 Å². The molecule has 0 fully saturated rings. The number of aryl methyl sites for hydroxylation is 1. The second-order valence-corrected chi connectivity index (χ2v) is 7.90. The number of thioether (sulfide) groups is 1. The van der Waals surface area contributed by atoms with Gasteiger partial charge in [-0.2, -0.15) is 10.4 Å². The molecule has 0 saturated heterocycles. The van der Waals surface area contributed by atoms with E-state index >= 15 is 0 Å². The van der Waals surface area contributed by atoms with E-state index in [2.05, 4.69) is 31.1 Å². The van der Waals surface area contributed by atoms with Crippen LogP contribution in [0.2, 0.25) is 5.02 Å². The molecular weight excluding hydrogens is 434 g/mol. The summed E-state index contributed by atoms with van der Waals surface area (Å²) in [5, 5.41) is 17.9. The second-order valence-electron chi connectivity index (χ2n) is 6.50. The Morgan fingerprint density at radius 1 is 1.32 bits per heavy atom. The lowest BCUT2D eigenvalue weighted by Gasteiger charge is -2.10. The maximum atomic E-state index is 9.82. The summed E-state index contributed by atoms with van der Waals surface area (Å²) in [7, 11) is 0. The van der Waals surface area contributed by atoms with Crippen LogP contribution in [0.5, 0.6) is 0 Å². The molecule has 0 spiro atoms. The summed E-state index contributed by atoms with van der Waals surface area (Å²) in [6.07, 6.45) is 1.55. The van der Waals surface area contributed by atoms with Gasteiger partial charge in [0.25, 0.3) is 0 Å². The monoisotopic (exact) mass is 447 g/mol. The van der Waals surface area contributed by atoms with Gasteiger partial charge >= 0.3 is 0 Å². The third-order valence-corrected chi connectivity index (χ3v) is 5.61. The van der Waals surface area contributed by atoms with Gasteiger partial charge < -0.3 is 10.2 Å². The van der Waals surface area contributed by atoms with E-state index in [1.54, 1.807) is 24.5 Å². The normalized spacial score (nSPS) is 10.6. The Kier molecular flexibility index (Phi) is 5.63. The summed E-state index contributed by atoms with van der Waals surface area (Å²) >= 11 is 7.21. The van der Waals surface area contributed by atoms with Crippen LogP contribution in [0.25, 0.3) is 27.6 Å². The zero-order valence-electron chi connectivity index (χ0n) is 16.2. The summed E-state index contributed by atoms with van der Waals surface area (Å²) in [5.41, 5.74) is 9.52. The number of aromatic amines is 1. The van der Waals surface area contributed by atoms with Crippen LogP contribution < -0.4 is 5.73 Å². The van der Waals surface area contributed by atoms with E-state index in [0.717, 1.165) is 11.3 Å². The average Bonchev–Trinajstić information content (AvgIpc) is 3.41. The largest absolute Gasteiger partial charge is 0.444 e. The number of halogens is 1. The minimum absolute atomic E-state index is 0.0501. The maximum Gasteiger partial charge on any atom is 0.238 e. The predicted molar refractivity (Wildman–Crippen MR) is 118 cm³/mol. The minimum atomic E-state index is 0.0501. The van der Waals surface area contributed by atoms with Crippen LogP contribution >= 0.6 is 23.4 Å². The Morgan fingerprint density at radius 2 is 2.10 bits per heavy atom. The second kappa shape index (κ2) is 8.52. The SMILES string of the molecule is [C-]#[N+]c1c(N)nc(SCc2coc(-c3ccc(Cl)cc3)n2)c(C#N)c1-c1cc(C)[nH]n1. The summed E-state index contributed by atoms with van der Waals surface area (Å²) < 4.78 is 5.56. The van der Waals surface area contributed by atoms with Crippen LogP contribution in [0.4, 0.5) is 11.5 Å². The van der Waals surface area contributed by atoms with E-state index in [0.29, 0.717) is 38.6 Å². The molecule has 0 aliphatic rings. The number of pyridine rings is 1. The van der Waals surface area contributed by atoms with Crippen molar-refractivity contribution in [2.24, 2.45) is 0 Å². The summed E-state index contributed by atoms with van der Waals surface area (Å²) in [6, 6.07) is 11.1. The number of nitrogen functional groups attached to an aromatic ring is 1. The fourth-order valence-corrected chi connectivity index (χ4v) is 3.93. The number of nitrogens with one attached hydrogen (secondary N) is 1. The molecule has 0 aliphatic carbocycles. The molecule has 0 amide bonds. The Labute approximate surface area is 186 Å². The Balaban J connectivity index is 1.65. The molecule has 3 heterocycles. The number of oxazole rings is 1. The van der Waals surface area contributed by atoms with Gasteiger partial charge in [0.2, 0.25) is 11.6 Å². The fraction of sp³-hybridized carbons (Fsp3) is 0.0952. The van der Waals surface area contributed by atoms with Crippen LogP contribution in [0.3, 0.4) is 0 Å². The van der Waals surface area contributed by atoms with E-state index in [1.165, 1.54) is 11.8 Å². The molecule has 3 aromatic heterocycles. The summed E-state index contributed by atoms with van der Waals surface area (Å²) in [4.78, 5) is 12.3. The molecule has 1 aromatic carbocycles. The van der Waals surface area contributed by atoms with Gasteiger partial charge in [-0.25, -0.2) is 14.8 Å². The Bertz CT molecular complexity index is 1350. The number of H-pyrrole nitrogens is 1. The van der Waals surface area contributed by atoms with Crippen molar-refractivity contribution in [1.82, 2.24) is 20.2 Å². The molecule has 0 bridgehead atoms. The number of hydrogen-bond donors (Lipinski definition) is 2. The minimum Gasteiger partial charge on any atom is -0.444 e. The van der Waals surface area contributed by atoms with Crippen LogP contribution in [-0.4, -0.2) is 20.2 Å². The molecule has 0 unspecified atom stereocenters. The van der Waals surface area contributed by atoms with Crippen molar-refractivity contribution in [3.05, 3.63) is 70.0 Å². The van der Waals surface area contributed by atoms with E-state index in [-0.39, 0.29) is 17.1 Å². The highest BCUT2D eigenvalue weighted by molar-refractivity contribution is 7.98. The lowest BCUT2D eigenvalue weighted by Crippen LogP contribution is -1.99. The van der Waals surface area contributed by atoms with Crippen molar-refractivity contribution in [2.45, 2.75) is 17.7 Å². The van der Waals surface area contributed by atoms with Crippen LogP contribution in [-0.2, 0) is 5.75 Å². The third kappa shape index (κ3) is 4.10. The van der Waals surface area contributed by atoms with E-state index in [9.17, 15) is 5.26 Å². The molecule has 8 nitrogen and oxygen atoms in total. The first-order valence-electron chi connectivity index (χ1n) is 8.96. The highest BCUT2D eigenvalue weighted by atomic mass is 35.5. The lowest BCUT2D eigenvalue weighted by molar-refractivity contribution is 0.573. The van der Waals surface area contributed by atoms with Crippen LogP contribution in [0.1, 0.15) is 17.0 Å². The summed E-state index contributed by atoms with van der Waals surface area (Å²) in [5.74, 6) is 0.916. The van der Waals surface area contributed by atoms with Crippen LogP contribution in [0.15, 0.2) is 46.0 Å². The standard InChI is InChI=1S/C21H14ClN7OS/c1-11-7-16(29-28-11)17-15(8-23)21(27-19(24)18(17)25-2)31-10-14-9-30-20(26-14)12-3-5-13(22)6-4-12/h3-7,9H,10H2,1H3,(H2,24,27)(H,28,29). The molecule has 3 N–H and O–H groups in total. The van der Waals surface area contributed by atoms with Crippen molar-refractivity contribution < 1.29 is 4.42 Å². The number of benzene rings is 1. The average molecular weight is 448 g/mol. The first-order valence-corrected chi connectivity index (χ1v) is 10.3. The van der Waals surface area contributed by atoms with Crippen molar-refractivity contribution in [3.63, 3.8) is 0 Å². The number of rotatable bonds is 5. The number of nitriles is 1. The molecule has 152 valence electrons. The smallest absolute Gasteiger partial charge is 0.238 e. The number of aromatic nitrogens is 4. The van der Waals surface area contributed by atoms with Gasteiger partial charge in [0.1, 0.15) is 23.2 Å². The molecule has 0 saturated carbocycles. The number of hydrogen-bond acceptors (Lipinski definition) is 7. The van der Waals surface area contributed by atoms with E-state index in [1.807, 2.05) is 19.1 Å². The summed E-state index contributed by atoms with van der Waals surface area (Å²) in [6.45, 7) is 9.31. The molecular formula is C21H14ClN7OS. The van der Waals surface area contributed by atoms with Gasteiger partial charge in [0.05, 0.1) is 23.5 Å². The zero-order chi connectivity index (χ0) is 22.0. The van der Waals surface area contributed by atoms with E-state index in [4.69, 9.17) is 28.3 Å². The lowest BCUT2D eigenvalue weighted by atomic mass is 10.1. The predicted octanol–water partition coefficient (Wildman–Crippen LogP) is 5.39. The topological polar surface area (TPSA) is 122 Å². The zero-order valence-corrected chi connectivity index (χ0v) is 17.8. The Hall–Kier alpha value is -3.79. The molecule has 31 heavy (non-hydrogen) atoms. The first kappa shape index (κ1) is 20.5. The van der Waals surface area contributed by atoms with E-state index < -0.39 is 0 Å². The fourth-order valence-electron chi connectivity index (χ4n) is 2.93. The first-order chi connectivity index (χ1) is 15.0. The van der Waals surface area contributed by atoms with Gasteiger partial charge in [-0.05, 0) is 37.3 Å². The van der Waals surface area contributed by atoms with Gasteiger partial charge in [0, 0.05) is 27.6 Å². The number of nitrogens with two attached hydrogens (primary N) is 1. The van der Waals surface area contributed by atoms with Gasteiger partial charge in [-0.1, -0.05) is 23.4 Å². The Morgan fingerprint density at radius 3 is 2.74 bits per heavy atom. The molecule has 4 rings (SSSR count). The van der Waals surface area contributed by atoms with Crippen molar-refractivity contribution in [1.29, 1.82) is 5.26 Å². The number of anilines is 1. The molecule has 0 radical (unpaired) electrons. The van der Waals surface area contributed by atoms with Crippen LogP contribution in [0, 0.1) is 24.8 Å². The number of nitrogens with zero attached hydrogens (tertiary/aromatic N) is 5. The maximum absolute atomic E-state index is 9.82. The van der Waals surface area contributed by atoms with Crippen molar-refractivity contribution >= 4 is 34.9 Å². The molecule has 0 atom stereocenters.